The van der Waals surface area contributed by atoms with Crippen molar-refractivity contribution in [2.75, 3.05) is 19.7 Å². The number of nitrogens with two attached hydrogens (primary N) is 4. The molecular formula is C28H54N10O9. The number of carboxylic acids is 1. The lowest BCUT2D eigenvalue weighted by Crippen LogP contribution is -2.61. The van der Waals surface area contributed by atoms with Crippen LogP contribution in [0.15, 0.2) is 4.99 Å². The Labute approximate surface area is 274 Å². The molecule has 8 atom stereocenters. The van der Waals surface area contributed by atoms with E-state index < -0.39 is 90.4 Å². The first-order valence-electron chi connectivity index (χ1n) is 15.5. The number of aliphatic hydroxyl groups excluding tert-OH is 2. The SMILES string of the molecule is CC[C@H](C)[C@H](NC(=O)[C@@H](N)[C@@H](C)O)C(=O)N[C@@H](CO)C(=O)N[C@@H](CCCCN)C(=O)N[C@@H](C)C(=O)N[C@@H](CCCN=C(N)N)C(=O)O. The molecule has 0 fully saturated rings. The van der Waals surface area contributed by atoms with Gasteiger partial charge in [-0.15, -0.1) is 0 Å². The molecule has 0 aromatic rings. The summed E-state index contributed by atoms with van der Waals surface area (Å²) in [4.78, 5) is 80.0. The fraction of sp³-hybridized carbons (Fsp3) is 0.750. The monoisotopic (exact) mass is 674 g/mol. The summed E-state index contributed by atoms with van der Waals surface area (Å²) in [6.45, 7) is 5.68. The van der Waals surface area contributed by atoms with Gasteiger partial charge in [0.15, 0.2) is 5.96 Å². The number of amides is 5. The van der Waals surface area contributed by atoms with Gasteiger partial charge in [-0.3, -0.25) is 29.0 Å². The van der Waals surface area contributed by atoms with Crippen LogP contribution in [0, 0.1) is 5.92 Å². The van der Waals surface area contributed by atoms with Crippen molar-refractivity contribution < 1.29 is 44.1 Å². The van der Waals surface area contributed by atoms with Crippen LogP contribution in [0.3, 0.4) is 0 Å². The molecule has 0 saturated carbocycles. The van der Waals surface area contributed by atoms with Crippen LogP contribution in [-0.2, 0) is 28.8 Å². The Morgan fingerprint density at radius 1 is 0.745 bits per heavy atom. The molecule has 47 heavy (non-hydrogen) atoms. The predicted octanol–water partition coefficient (Wildman–Crippen LogP) is -4.56. The molecule has 0 saturated heterocycles. The van der Waals surface area contributed by atoms with Crippen LogP contribution in [-0.4, -0.2) is 119 Å². The summed E-state index contributed by atoms with van der Waals surface area (Å²) in [5.41, 5.74) is 21.7. The Kier molecular flexibility index (Phi) is 20.5. The molecule has 270 valence electrons. The number of hydrogen-bond acceptors (Lipinski definition) is 11. The van der Waals surface area contributed by atoms with Gasteiger partial charge in [0.2, 0.25) is 29.5 Å². The van der Waals surface area contributed by atoms with E-state index in [1.165, 1.54) is 13.8 Å². The summed E-state index contributed by atoms with van der Waals surface area (Å²) >= 11 is 0. The van der Waals surface area contributed by atoms with Crippen LogP contribution in [0.1, 0.15) is 66.2 Å². The summed E-state index contributed by atoms with van der Waals surface area (Å²) in [7, 11) is 0. The van der Waals surface area contributed by atoms with Crippen molar-refractivity contribution in [2.45, 2.75) is 109 Å². The number of nitrogens with zero attached hydrogens (tertiary/aromatic N) is 1. The lowest BCUT2D eigenvalue weighted by atomic mass is 9.97. The first-order chi connectivity index (χ1) is 22.0. The molecule has 0 spiro atoms. The highest BCUT2D eigenvalue weighted by atomic mass is 16.4. The van der Waals surface area contributed by atoms with Gasteiger partial charge in [0.05, 0.1) is 12.7 Å². The number of carboxylic acid groups (broad SMARTS) is 1. The highest BCUT2D eigenvalue weighted by Crippen LogP contribution is 2.10. The topological polar surface area (TPSA) is 340 Å². The predicted molar refractivity (Wildman–Crippen MR) is 172 cm³/mol. The van der Waals surface area contributed by atoms with Crippen LogP contribution < -0.4 is 49.5 Å². The smallest absolute Gasteiger partial charge is 0.326 e. The average molecular weight is 675 g/mol. The van der Waals surface area contributed by atoms with Crippen LogP contribution >= 0.6 is 0 Å². The summed E-state index contributed by atoms with van der Waals surface area (Å²) in [6.07, 6.45) is 0.504. The maximum absolute atomic E-state index is 13.2. The molecule has 19 heteroatoms. The van der Waals surface area contributed by atoms with Gasteiger partial charge in [-0.2, -0.15) is 0 Å². The van der Waals surface area contributed by atoms with Crippen LogP contribution in [0.5, 0.6) is 0 Å². The van der Waals surface area contributed by atoms with Gasteiger partial charge in [-0.25, -0.2) is 4.79 Å². The number of carbonyl (C=O) groups excluding carboxylic acids is 5. The summed E-state index contributed by atoms with van der Waals surface area (Å²) in [5, 5.41) is 41.1. The van der Waals surface area contributed by atoms with Crippen LogP contribution in [0.25, 0.3) is 0 Å². The zero-order valence-corrected chi connectivity index (χ0v) is 27.5. The van der Waals surface area contributed by atoms with Crippen molar-refractivity contribution in [3.8, 4) is 0 Å². The average Bonchev–Trinajstić information content (AvgIpc) is 3.01. The van der Waals surface area contributed by atoms with E-state index in [4.69, 9.17) is 22.9 Å². The van der Waals surface area contributed by atoms with Gasteiger partial charge >= 0.3 is 5.97 Å². The van der Waals surface area contributed by atoms with E-state index >= 15 is 0 Å². The van der Waals surface area contributed by atoms with Gasteiger partial charge in [-0.1, -0.05) is 20.3 Å². The zero-order chi connectivity index (χ0) is 36.3. The fourth-order valence-corrected chi connectivity index (χ4v) is 4.10. The number of carbonyl (C=O) groups is 6. The Morgan fingerprint density at radius 3 is 1.81 bits per heavy atom. The maximum atomic E-state index is 13.2. The minimum Gasteiger partial charge on any atom is -0.480 e. The Balaban J connectivity index is 5.63. The molecule has 16 N–H and O–H groups in total. The van der Waals surface area contributed by atoms with Crippen LogP contribution in [0.2, 0.25) is 0 Å². The van der Waals surface area contributed by atoms with Crippen molar-refractivity contribution in [3.05, 3.63) is 0 Å². The van der Waals surface area contributed by atoms with Gasteiger partial charge in [0.1, 0.15) is 36.3 Å². The largest absolute Gasteiger partial charge is 0.480 e. The van der Waals surface area contributed by atoms with E-state index in [0.29, 0.717) is 25.8 Å². The Bertz CT molecular complexity index is 1070. The molecule has 0 aliphatic carbocycles. The number of rotatable bonds is 23. The number of unbranched alkanes of at least 4 members (excludes halogenated alkanes) is 1. The molecule has 0 aromatic carbocycles. The van der Waals surface area contributed by atoms with Gasteiger partial charge in [0, 0.05) is 6.54 Å². The molecule has 0 aliphatic rings. The number of aliphatic hydroxyl groups is 2. The molecule has 0 bridgehead atoms. The third kappa shape index (κ3) is 16.4. The first kappa shape index (κ1) is 42.9. The van der Waals surface area contributed by atoms with E-state index in [2.05, 4.69) is 31.6 Å². The molecular weight excluding hydrogens is 620 g/mol. The van der Waals surface area contributed by atoms with E-state index in [0.717, 1.165) is 0 Å². The third-order valence-corrected chi connectivity index (χ3v) is 7.32. The maximum Gasteiger partial charge on any atom is 0.326 e. The Morgan fingerprint density at radius 2 is 1.30 bits per heavy atom. The number of aliphatic carboxylic acids is 1. The van der Waals surface area contributed by atoms with Crippen LogP contribution in [0.4, 0.5) is 0 Å². The molecule has 0 unspecified atom stereocenters. The Hall–Kier alpha value is -4.07. The highest BCUT2D eigenvalue weighted by Gasteiger charge is 2.33. The molecule has 5 amide bonds. The number of guanidine groups is 1. The van der Waals surface area contributed by atoms with Crippen molar-refractivity contribution in [3.63, 3.8) is 0 Å². The van der Waals surface area contributed by atoms with Gasteiger partial charge in [-0.05, 0) is 58.4 Å². The van der Waals surface area contributed by atoms with Crippen molar-refractivity contribution in [1.82, 2.24) is 26.6 Å². The number of nitrogens with one attached hydrogen (secondary N) is 5. The minimum atomic E-state index is -1.53. The lowest BCUT2D eigenvalue weighted by Gasteiger charge is -2.28. The molecule has 0 aromatic heterocycles. The quantitative estimate of drug-likeness (QED) is 0.0276. The normalized spacial score (nSPS) is 16.1. The molecule has 0 aliphatic heterocycles. The fourth-order valence-electron chi connectivity index (χ4n) is 4.10. The number of hydrogen-bond donors (Lipinski definition) is 12. The zero-order valence-electron chi connectivity index (χ0n) is 27.5. The molecule has 0 heterocycles. The van der Waals surface area contributed by atoms with E-state index in [1.807, 2.05) is 0 Å². The minimum absolute atomic E-state index is 0.0134. The standard InChI is InChI=1S/C28H54N10O9/c1-5-14(2)21(38-25(44)20(30)16(4)40)26(45)37-19(13-39)24(43)35-17(9-6-7-11-29)23(42)34-15(3)22(41)36-18(27(46)47)10-8-12-33-28(31)32/h14-21,39-40H,5-13,29-30H2,1-4H3,(H,34,42)(H,35,43)(H,36,41)(H,37,45)(H,38,44)(H,46,47)(H4,31,32,33)/t14-,15-,16+,17-,18-,19-,20-,21-/m0/s1. The second kappa shape index (κ2) is 22.5. The second-order valence-corrected chi connectivity index (χ2v) is 11.3. The summed E-state index contributed by atoms with van der Waals surface area (Å²) in [5.74, 6) is -5.98. The molecule has 0 rings (SSSR count). The molecule has 19 nitrogen and oxygen atoms in total. The van der Waals surface area contributed by atoms with Crippen molar-refractivity contribution in [2.24, 2.45) is 33.8 Å². The van der Waals surface area contributed by atoms with Gasteiger partial charge in [0.25, 0.3) is 0 Å². The van der Waals surface area contributed by atoms with Gasteiger partial charge < -0.3 is 64.8 Å². The first-order valence-corrected chi connectivity index (χ1v) is 15.5. The third-order valence-electron chi connectivity index (χ3n) is 7.32. The number of aliphatic imine (C=N–C) groups is 1. The van der Waals surface area contributed by atoms with Crippen molar-refractivity contribution in [1.29, 1.82) is 0 Å². The molecule has 0 radical (unpaired) electrons. The summed E-state index contributed by atoms with van der Waals surface area (Å²) in [6, 6.07) is -7.72. The van der Waals surface area contributed by atoms with E-state index in [-0.39, 0.29) is 31.8 Å². The lowest BCUT2D eigenvalue weighted by molar-refractivity contribution is -0.142. The second-order valence-electron chi connectivity index (χ2n) is 11.3. The van der Waals surface area contributed by atoms with E-state index in [9.17, 15) is 44.1 Å². The highest BCUT2D eigenvalue weighted by molar-refractivity contribution is 5.96. The van der Waals surface area contributed by atoms with Crippen molar-refractivity contribution >= 4 is 41.5 Å². The van der Waals surface area contributed by atoms with E-state index in [1.54, 1.807) is 13.8 Å². The summed E-state index contributed by atoms with van der Waals surface area (Å²) < 4.78 is 0.